The van der Waals surface area contributed by atoms with Crippen molar-refractivity contribution in [1.82, 2.24) is 8.61 Å². The van der Waals surface area contributed by atoms with Crippen LogP contribution in [0.1, 0.15) is 36.8 Å². The monoisotopic (exact) mass is 790 g/mol. The van der Waals surface area contributed by atoms with Gasteiger partial charge in [0.15, 0.2) is 9.79 Å². The number of benzene rings is 4. The molecule has 0 radical (unpaired) electrons. The van der Waals surface area contributed by atoms with Crippen molar-refractivity contribution in [2.75, 3.05) is 36.8 Å². The third kappa shape index (κ3) is 8.88. The van der Waals surface area contributed by atoms with Gasteiger partial charge >= 0.3 is 0 Å². The molecule has 2 fully saturated rings. The molecule has 4 aromatic carbocycles. The van der Waals surface area contributed by atoms with Crippen LogP contribution in [0.25, 0.3) is 0 Å². The Balaban J connectivity index is 0.955. The minimum Gasteiger partial charge on any atom is -0.326 e. The molecule has 0 atom stereocenters. The van der Waals surface area contributed by atoms with Crippen LogP contribution in [0.15, 0.2) is 107 Å². The lowest BCUT2D eigenvalue weighted by Gasteiger charge is -2.30. The first-order valence-electron chi connectivity index (χ1n) is 17.5. The number of carbonyl (C=O) groups is 2. The van der Waals surface area contributed by atoms with Crippen molar-refractivity contribution in [2.24, 2.45) is 11.8 Å². The van der Waals surface area contributed by atoms with Crippen LogP contribution in [0.4, 0.5) is 22.7 Å². The number of amides is 2. The van der Waals surface area contributed by atoms with Gasteiger partial charge in [-0.05, 0) is 79.6 Å². The zero-order valence-electron chi connectivity index (χ0n) is 29.4. The number of sulfonamides is 2. The Hall–Kier alpha value is -5.56. The second-order valence-electron chi connectivity index (χ2n) is 13.4. The Morgan fingerprint density at radius 3 is 1.22 bits per heavy atom. The van der Waals surface area contributed by atoms with Crippen LogP contribution in [-0.2, 0) is 36.1 Å². The molecule has 2 saturated heterocycles. The Morgan fingerprint density at radius 1 is 0.564 bits per heavy atom. The Bertz CT molecular complexity index is 2140. The number of nitrogens with one attached hydrogen (secondary N) is 2. The molecule has 4 aromatic rings. The zero-order chi connectivity index (χ0) is 39.3. The summed E-state index contributed by atoms with van der Waals surface area (Å²) in [5.41, 5.74) is 2.16. The molecule has 0 aromatic heterocycles. The first-order chi connectivity index (χ1) is 26.2. The van der Waals surface area contributed by atoms with Gasteiger partial charge in [0.25, 0.3) is 11.4 Å². The summed E-state index contributed by atoms with van der Waals surface area (Å²) in [6, 6.07) is 25.1. The fourth-order valence-electron chi connectivity index (χ4n) is 6.78. The van der Waals surface area contributed by atoms with Crippen molar-refractivity contribution in [3.05, 3.63) is 128 Å². The van der Waals surface area contributed by atoms with Gasteiger partial charge in [-0.3, -0.25) is 29.8 Å². The Morgan fingerprint density at radius 2 is 0.891 bits per heavy atom. The predicted molar refractivity (Wildman–Crippen MR) is 202 cm³/mol. The number of hydrogen-bond acceptors (Lipinski definition) is 10. The van der Waals surface area contributed by atoms with E-state index in [2.05, 4.69) is 10.6 Å². The summed E-state index contributed by atoms with van der Waals surface area (Å²) >= 11 is 0. The van der Waals surface area contributed by atoms with Gasteiger partial charge in [0, 0.05) is 61.5 Å². The first kappa shape index (κ1) is 39.1. The largest absolute Gasteiger partial charge is 0.326 e. The van der Waals surface area contributed by atoms with Crippen molar-refractivity contribution in [3.8, 4) is 0 Å². The maximum absolute atomic E-state index is 13.1. The van der Waals surface area contributed by atoms with Crippen LogP contribution in [-0.4, -0.2) is 73.3 Å². The molecule has 2 amide bonds. The molecule has 0 saturated carbocycles. The maximum atomic E-state index is 13.1. The number of carbonyl (C=O) groups excluding carboxylic acids is 2. The second kappa shape index (κ2) is 16.4. The molecule has 0 aliphatic carbocycles. The SMILES string of the molecule is O=C(Nc1ccc(Cc2ccc(NC(=O)C3CCN(S(=O)(=O)c4ccccc4[N+](=O)[O-])CC3)cc2)cc1)C1CCN(S(=O)(=O)c2ccccc2[N+](=O)[O-])CC1. The molecule has 2 aliphatic heterocycles. The average molecular weight is 791 g/mol. The van der Waals surface area contributed by atoms with E-state index in [4.69, 9.17) is 0 Å². The normalized spacial score (nSPS) is 16.3. The van der Waals surface area contributed by atoms with Crippen molar-refractivity contribution >= 4 is 54.6 Å². The molecule has 2 aliphatic rings. The van der Waals surface area contributed by atoms with Crippen LogP contribution in [0.2, 0.25) is 0 Å². The van der Waals surface area contributed by atoms with Crippen LogP contribution in [0.3, 0.4) is 0 Å². The van der Waals surface area contributed by atoms with E-state index in [0.717, 1.165) is 23.3 Å². The van der Waals surface area contributed by atoms with E-state index in [1.54, 1.807) is 24.3 Å². The average Bonchev–Trinajstić information content (AvgIpc) is 3.19. The first-order valence-corrected chi connectivity index (χ1v) is 20.4. The minimum atomic E-state index is -4.10. The van der Waals surface area contributed by atoms with Crippen molar-refractivity contribution in [1.29, 1.82) is 0 Å². The summed E-state index contributed by atoms with van der Waals surface area (Å²) in [5.74, 6) is -1.32. The number of hydrogen-bond donors (Lipinski definition) is 2. The summed E-state index contributed by atoms with van der Waals surface area (Å²) in [5, 5.41) is 28.5. The molecule has 16 nitrogen and oxygen atoms in total. The number of para-hydroxylation sites is 2. The zero-order valence-corrected chi connectivity index (χ0v) is 31.1. The molecule has 18 heteroatoms. The Kier molecular flexibility index (Phi) is 11.7. The number of piperidine rings is 2. The number of anilines is 2. The fourth-order valence-corrected chi connectivity index (χ4v) is 10.0. The summed E-state index contributed by atoms with van der Waals surface area (Å²) in [6.07, 6.45) is 1.67. The second-order valence-corrected chi connectivity index (χ2v) is 17.2. The van der Waals surface area contributed by atoms with Crippen molar-refractivity contribution in [2.45, 2.75) is 41.9 Å². The number of nitro benzene ring substituents is 2. The van der Waals surface area contributed by atoms with E-state index in [-0.39, 0.29) is 73.5 Å². The Labute approximate surface area is 317 Å². The highest BCUT2D eigenvalue weighted by molar-refractivity contribution is 7.89. The van der Waals surface area contributed by atoms with E-state index in [1.807, 2.05) is 24.3 Å². The van der Waals surface area contributed by atoms with E-state index >= 15 is 0 Å². The minimum absolute atomic E-state index is 0.0603. The molecule has 288 valence electrons. The van der Waals surface area contributed by atoms with Crippen LogP contribution >= 0.6 is 0 Å². The standard InChI is InChI=1S/C37H38N6O10S2/c44-36(28-17-21-40(22-18-28)54(50,51)34-7-3-1-5-32(34)42(46)47)38-30-13-9-26(10-14-30)25-27-11-15-31(16-12-27)39-37(45)29-19-23-41(24-20-29)55(52,53)35-8-4-2-6-33(35)43(48)49/h1-16,28-29H,17-25H2,(H,38,44)(H,39,45). The lowest BCUT2D eigenvalue weighted by Crippen LogP contribution is -2.41. The molecule has 0 spiro atoms. The van der Waals surface area contributed by atoms with Crippen molar-refractivity contribution < 1.29 is 36.3 Å². The number of rotatable bonds is 12. The lowest BCUT2D eigenvalue weighted by molar-refractivity contribution is -0.388. The predicted octanol–water partition coefficient (Wildman–Crippen LogP) is 5.17. The third-order valence-corrected chi connectivity index (χ3v) is 13.8. The van der Waals surface area contributed by atoms with Gasteiger partial charge in [-0.15, -0.1) is 0 Å². The molecule has 2 N–H and O–H groups in total. The molecule has 0 bridgehead atoms. The smallest absolute Gasteiger partial charge is 0.289 e. The van der Waals surface area contributed by atoms with Gasteiger partial charge < -0.3 is 10.6 Å². The summed E-state index contributed by atoms with van der Waals surface area (Å²) in [7, 11) is -8.19. The van der Waals surface area contributed by atoms with Gasteiger partial charge in [-0.2, -0.15) is 8.61 Å². The number of nitrogens with zero attached hydrogens (tertiary/aromatic N) is 4. The van der Waals surface area contributed by atoms with Crippen LogP contribution < -0.4 is 10.6 Å². The van der Waals surface area contributed by atoms with Crippen LogP contribution in [0, 0.1) is 32.1 Å². The van der Waals surface area contributed by atoms with Gasteiger partial charge in [0.05, 0.1) is 9.85 Å². The van der Waals surface area contributed by atoms with Gasteiger partial charge in [-0.25, -0.2) is 16.8 Å². The molecule has 55 heavy (non-hydrogen) atoms. The van der Waals surface area contributed by atoms with E-state index < -0.39 is 53.1 Å². The number of nitro groups is 2. The highest BCUT2D eigenvalue weighted by Gasteiger charge is 2.37. The molecule has 6 rings (SSSR count). The van der Waals surface area contributed by atoms with E-state index in [9.17, 15) is 46.7 Å². The molecular formula is C37H38N6O10S2. The summed E-state index contributed by atoms with van der Waals surface area (Å²) < 4.78 is 54.9. The maximum Gasteiger partial charge on any atom is 0.289 e. The highest BCUT2D eigenvalue weighted by atomic mass is 32.2. The molecular weight excluding hydrogens is 753 g/mol. The summed E-state index contributed by atoms with van der Waals surface area (Å²) in [4.78, 5) is 46.6. The lowest BCUT2D eigenvalue weighted by atomic mass is 9.97. The molecule has 2 heterocycles. The fraction of sp³-hybridized carbons (Fsp3) is 0.297. The van der Waals surface area contributed by atoms with Crippen molar-refractivity contribution in [3.63, 3.8) is 0 Å². The van der Waals surface area contributed by atoms with Gasteiger partial charge in [0.1, 0.15) is 0 Å². The third-order valence-electron chi connectivity index (χ3n) is 9.86. The summed E-state index contributed by atoms with van der Waals surface area (Å²) in [6.45, 7) is 0.241. The van der Waals surface area contributed by atoms with Gasteiger partial charge in [-0.1, -0.05) is 48.5 Å². The molecule has 0 unspecified atom stereocenters. The van der Waals surface area contributed by atoms with E-state index in [0.29, 0.717) is 17.8 Å². The van der Waals surface area contributed by atoms with E-state index in [1.165, 1.54) is 45.0 Å². The quantitative estimate of drug-likeness (QED) is 0.142. The van der Waals surface area contributed by atoms with Gasteiger partial charge in [0.2, 0.25) is 31.9 Å². The highest BCUT2D eigenvalue weighted by Crippen LogP contribution is 2.32. The van der Waals surface area contributed by atoms with Crippen LogP contribution in [0.5, 0.6) is 0 Å². The topological polar surface area (TPSA) is 219 Å².